The molecule has 0 spiro atoms. The van der Waals surface area contributed by atoms with E-state index in [0.29, 0.717) is 13.0 Å². The van der Waals surface area contributed by atoms with Gasteiger partial charge < -0.3 is 4.90 Å². The third-order valence-corrected chi connectivity index (χ3v) is 5.57. The molecule has 1 aromatic heterocycles. The monoisotopic (exact) mass is 385 g/mol. The predicted octanol–water partition coefficient (Wildman–Crippen LogP) is 5.03. The summed E-state index contributed by atoms with van der Waals surface area (Å²) in [4.78, 5) is 14.5. The van der Waals surface area contributed by atoms with E-state index in [1.54, 1.807) is 16.8 Å². The Hall–Kier alpha value is -3.47. The first kappa shape index (κ1) is 17.6. The van der Waals surface area contributed by atoms with Crippen LogP contribution in [0.1, 0.15) is 30.0 Å². The van der Waals surface area contributed by atoms with Crippen molar-refractivity contribution in [3.63, 3.8) is 0 Å². The van der Waals surface area contributed by atoms with Gasteiger partial charge in [-0.2, -0.15) is 5.10 Å². The maximum absolute atomic E-state index is 13.2. The summed E-state index contributed by atoms with van der Waals surface area (Å²) < 4.78 is 15.0. The Morgan fingerprint density at radius 3 is 2.59 bits per heavy atom. The molecule has 0 radical (unpaired) electrons. The molecule has 1 atom stereocenters. The molecule has 0 N–H and O–H groups in total. The van der Waals surface area contributed by atoms with Gasteiger partial charge in [-0.1, -0.05) is 36.4 Å². The molecule has 5 rings (SSSR count). The van der Waals surface area contributed by atoms with Crippen molar-refractivity contribution in [2.45, 2.75) is 25.4 Å². The van der Waals surface area contributed by atoms with Gasteiger partial charge in [-0.3, -0.25) is 4.79 Å². The van der Waals surface area contributed by atoms with E-state index in [-0.39, 0.29) is 17.8 Å². The highest BCUT2D eigenvalue weighted by atomic mass is 19.1. The second-order valence-electron chi connectivity index (χ2n) is 7.41. The van der Waals surface area contributed by atoms with Gasteiger partial charge >= 0.3 is 0 Å². The Morgan fingerprint density at radius 2 is 1.79 bits per heavy atom. The van der Waals surface area contributed by atoms with Gasteiger partial charge in [-0.05, 0) is 53.9 Å². The molecule has 4 aromatic rings. The number of nitrogens with zero attached hydrogens (tertiary/aromatic N) is 3. The highest BCUT2D eigenvalue weighted by Crippen LogP contribution is 2.35. The van der Waals surface area contributed by atoms with Gasteiger partial charge in [0.2, 0.25) is 5.91 Å². The van der Waals surface area contributed by atoms with Crippen LogP contribution in [0.2, 0.25) is 0 Å². The molecule has 1 saturated heterocycles. The van der Waals surface area contributed by atoms with Gasteiger partial charge in [0.1, 0.15) is 5.82 Å². The van der Waals surface area contributed by atoms with Crippen LogP contribution in [0.4, 0.5) is 4.39 Å². The number of halogens is 1. The third kappa shape index (κ3) is 3.29. The predicted molar refractivity (Wildman–Crippen MR) is 110 cm³/mol. The second-order valence-corrected chi connectivity index (χ2v) is 7.41. The van der Waals surface area contributed by atoms with E-state index in [2.05, 4.69) is 29.4 Å². The van der Waals surface area contributed by atoms with Crippen LogP contribution in [0.25, 0.3) is 16.6 Å². The SMILES string of the molecule is O=C1CCC(c2ccc3c(cnn3-c3ccc(F)cc3)c2)N1Cc1ccccc1. The lowest BCUT2D eigenvalue weighted by atomic mass is 10.0. The number of hydrogen-bond donors (Lipinski definition) is 0. The van der Waals surface area contributed by atoms with Crippen LogP contribution in [0.15, 0.2) is 79.0 Å². The van der Waals surface area contributed by atoms with Crippen LogP contribution in [-0.4, -0.2) is 20.6 Å². The van der Waals surface area contributed by atoms with Crippen molar-refractivity contribution in [3.8, 4) is 5.69 Å². The number of aromatic nitrogens is 2. The minimum atomic E-state index is -0.267. The van der Waals surface area contributed by atoms with Gasteiger partial charge in [0.25, 0.3) is 0 Å². The summed E-state index contributed by atoms with van der Waals surface area (Å²) >= 11 is 0. The van der Waals surface area contributed by atoms with Crippen molar-refractivity contribution < 1.29 is 9.18 Å². The maximum Gasteiger partial charge on any atom is 0.223 e. The molecule has 1 amide bonds. The summed E-state index contributed by atoms with van der Waals surface area (Å²) in [6.07, 6.45) is 3.22. The number of likely N-dealkylation sites (tertiary alicyclic amines) is 1. The lowest BCUT2D eigenvalue weighted by Crippen LogP contribution is -2.27. The molecule has 0 bridgehead atoms. The van der Waals surface area contributed by atoms with Crippen molar-refractivity contribution in [2.24, 2.45) is 0 Å². The van der Waals surface area contributed by atoms with Crippen LogP contribution < -0.4 is 0 Å². The van der Waals surface area contributed by atoms with Gasteiger partial charge in [0.05, 0.1) is 23.4 Å². The number of benzene rings is 3. The molecular weight excluding hydrogens is 365 g/mol. The fourth-order valence-corrected chi connectivity index (χ4v) is 4.11. The Morgan fingerprint density at radius 1 is 1.00 bits per heavy atom. The largest absolute Gasteiger partial charge is 0.331 e. The molecule has 1 aliphatic rings. The zero-order chi connectivity index (χ0) is 19.8. The van der Waals surface area contributed by atoms with E-state index in [1.165, 1.54) is 12.1 Å². The van der Waals surface area contributed by atoms with Crippen LogP contribution in [0.5, 0.6) is 0 Å². The Balaban J connectivity index is 1.47. The minimum absolute atomic E-state index is 0.0706. The fraction of sp³-hybridized carbons (Fsp3) is 0.167. The van der Waals surface area contributed by atoms with E-state index >= 15 is 0 Å². The average molecular weight is 385 g/mol. The normalized spacial score (nSPS) is 16.7. The summed E-state index contributed by atoms with van der Waals surface area (Å²) in [7, 11) is 0. The molecule has 4 nitrogen and oxygen atoms in total. The molecular formula is C24H20FN3O. The smallest absolute Gasteiger partial charge is 0.223 e. The Labute approximate surface area is 168 Å². The van der Waals surface area contributed by atoms with Gasteiger partial charge in [-0.25, -0.2) is 9.07 Å². The lowest BCUT2D eigenvalue weighted by Gasteiger charge is -2.25. The molecule has 0 aliphatic carbocycles. The van der Waals surface area contributed by atoms with Crippen LogP contribution >= 0.6 is 0 Å². The summed E-state index contributed by atoms with van der Waals surface area (Å²) in [5.74, 6) is -0.0714. The van der Waals surface area contributed by atoms with Crippen LogP contribution in [0.3, 0.4) is 0 Å². The zero-order valence-electron chi connectivity index (χ0n) is 15.8. The number of hydrogen-bond acceptors (Lipinski definition) is 2. The first-order valence-corrected chi connectivity index (χ1v) is 9.76. The molecule has 2 heterocycles. The Bertz CT molecular complexity index is 1170. The fourth-order valence-electron chi connectivity index (χ4n) is 4.11. The minimum Gasteiger partial charge on any atom is -0.331 e. The average Bonchev–Trinajstić information content (AvgIpc) is 3.33. The second kappa shape index (κ2) is 7.17. The Kier molecular flexibility index (Phi) is 4.35. The molecule has 1 aliphatic heterocycles. The van der Waals surface area contributed by atoms with Crippen LogP contribution in [-0.2, 0) is 11.3 Å². The number of rotatable bonds is 4. The molecule has 29 heavy (non-hydrogen) atoms. The van der Waals surface area contributed by atoms with E-state index in [0.717, 1.165) is 34.1 Å². The first-order valence-electron chi connectivity index (χ1n) is 9.76. The maximum atomic E-state index is 13.2. The summed E-state index contributed by atoms with van der Waals surface area (Å²) in [6, 6.07) is 22.7. The zero-order valence-corrected chi connectivity index (χ0v) is 15.8. The van der Waals surface area contributed by atoms with Crippen LogP contribution in [0, 0.1) is 5.82 Å². The summed E-state index contributed by atoms with van der Waals surface area (Å²) in [5, 5.41) is 5.48. The molecule has 144 valence electrons. The molecule has 5 heteroatoms. The van der Waals surface area contributed by atoms with Gasteiger partial charge in [0.15, 0.2) is 0 Å². The van der Waals surface area contributed by atoms with Crippen molar-refractivity contribution in [2.75, 3.05) is 0 Å². The van der Waals surface area contributed by atoms with E-state index in [9.17, 15) is 9.18 Å². The highest BCUT2D eigenvalue weighted by molar-refractivity contribution is 5.82. The van der Waals surface area contributed by atoms with Gasteiger partial charge in [-0.15, -0.1) is 0 Å². The number of carbonyl (C=O) groups excluding carboxylic acids is 1. The summed E-state index contributed by atoms with van der Waals surface area (Å²) in [6.45, 7) is 0.622. The molecule has 3 aromatic carbocycles. The van der Waals surface area contributed by atoms with E-state index in [4.69, 9.17) is 0 Å². The number of fused-ring (bicyclic) bond motifs is 1. The summed E-state index contributed by atoms with van der Waals surface area (Å²) in [5.41, 5.74) is 4.03. The van der Waals surface area contributed by atoms with Crippen molar-refractivity contribution in [1.29, 1.82) is 0 Å². The first-order chi connectivity index (χ1) is 14.2. The molecule has 1 fully saturated rings. The molecule has 1 unspecified atom stereocenters. The van der Waals surface area contributed by atoms with E-state index < -0.39 is 0 Å². The number of carbonyl (C=O) groups is 1. The van der Waals surface area contributed by atoms with Crippen molar-refractivity contribution in [3.05, 3.63) is 95.9 Å². The topological polar surface area (TPSA) is 38.1 Å². The molecule has 0 saturated carbocycles. The lowest BCUT2D eigenvalue weighted by molar-refractivity contribution is -0.129. The van der Waals surface area contributed by atoms with Crippen molar-refractivity contribution >= 4 is 16.8 Å². The van der Waals surface area contributed by atoms with E-state index in [1.807, 2.05) is 35.4 Å². The third-order valence-electron chi connectivity index (χ3n) is 5.57. The standard InChI is InChI=1S/C24H20FN3O/c25-20-7-9-21(10-8-20)28-23-11-6-18(14-19(23)15-26-28)22-12-13-24(29)27(22)16-17-4-2-1-3-5-17/h1-11,14-15,22H,12-13,16H2. The quantitative estimate of drug-likeness (QED) is 0.494. The number of amides is 1. The highest BCUT2D eigenvalue weighted by Gasteiger charge is 2.32. The van der Waals surface area contributed by atoms with Crippen molar-refractivity contribution in [1.82, 2.24) is 14.7 Å². The van der Waals surface area contributed by atoms with Gasteiger partial charge in [0, 0.05) is 18.4 Å².